The fraction of sp³-hybridized carbons (Fsp3) is 0.0909. The molecule has 2 aromatic rings. The SMILES string of the molecule is O=C(O)c1cnn(-c2cc(C(F)(F)F)ccc2Br)c1. The largest absolute Gasteiger partial charge is 0.478 e. The van der Waals surface area contributed by atoms with Crippen LogP contribution in [0.4, 0.5) is 13.2 Å². The topological polar surface area (TPSA) is 55.1 Å². The van der Waals surface area contributed by atoms with Crippen molar-refractivity contribution in [2.45, 2.75) is 6.18 Å². The molecule has 4 nitrogen and oxygen atoms in total. The highest BCUT2D eigenvalue weighted by molar-refractivity contribution is 9.10. The number of hydrogen-bond donors (Lipinski definition) is 1. The molecule has 0 saturated carbocycles. The zero-order chi connectivity index (χ0) is 14.2. The highest BCUT2D eigenvalue weighted by atomic mass is 79.9. The van der Waals surface area contributed by atoms with E-state index in [1.54, 1.807) is 0 Å². The third kappa shape index (κ3) is 2.78. The summed E-state index contributed by atoms with van der Waals surface area (Å²) in [6, 6.07) is 3.05. The van der Waals surface area contributed by atoms with Crippen LogP contribution < -0.4 is 0 Å². The Morgan fingerprint density at radius 2 is 2.05 bits per heavy atom. The van der Waals surface area contributed by atoms with Gasteiger partial charge in [-0.25, -0.2) is 9.48 Å². The van der Waals surface area contributed by atoms with Gasteiger partial charge in [-0.15, -0.1) is 0 Å². The molecule has 0 unspecified atom stereocenters. The Morgan fingerprint density at radius 1 is 1.37 bits per heavy atom. The number of hydrogen-bond acceptors (Lipinski definition) is 2. The lowest BCUT2D eigenvalue weighted by molar-refractivity contribution is -0.137. The molecule has 0 saturated heterocycles. The van der Waals surface area contributed by atoms with Crippen LogP contribution in [-0.4, -0.2) is 20.9 Å². The van der Waals surface area contributed by atoms with Crippen molar-refractivity contribution in [3.05, 3.63) is 46.2 Å². The average Bonchev–Trinajstić information content (AvgIpc) is 2.77. The molecular formula is C11H6BrF3N2O2. The number of carbonyl (C=O) groups is 1. The third-order valence-corrected chi connectivity index (χ3v) is 3.02. The Morgan fingerprint density at radius 3 is 2.58 bits per heavy atom. The van der Waals surface area contributed by atoms with Crippen molar-refractivity contribution in [1.29, 1.82) is 0 Å². The van der Waals surface area contributed by atoms with E-state index in [1.807, 2.05) is 0 Å². The predicted molar refractivity (Wildman–Crippen MR) is 63.2 cm³/mol. The molecule has 0 aliphatic heterocycles. The molecule has 0 bridgehead atoms. The Hall–Kier alpha value is -1.83. The maximum absolute atomic E-state index is 12.6. The molecule has 1 heterocycles. The monoisotopic (exact) mass is 334 g/mol. The van der Waals surface area contributed by atoms with Gasteiger partial charge in [0.05, 0.1) is 23.0 Å². The summed E-state index contributed by atoms with van der Waals surface area (Å²) < 4.78 is 39.3. The van der Waals surface area contributed by atoms with E-state index in [1.165, 1.54) is 6.07 Å². The average molecular weight is 335 g/mol. The molecule has 0 atom stereocenters. The lowest BCUT2D eigenvalue weighted by atomic mass is 10.2. The highest BCUT2D eigenvalue weighted by Crippen LogP contribution is 2.33. The van der Waals surface area contributed by atoms with Crippen LogP contribution in [0, 0.1) is 0 Å². The van der Waals surface area contributed by atoms with Crippen LogP contribution in [0.25, 0.3) is 5.69 Å². The van der Waals surface area contributed by atoms with Crippen molar-refractivity contribution in [2.75, 3.05) is 0 Å². The van der Waals surface area contributed by atoms with Gasteiger partial charge in [0.25, 0.3) is 0 Å². The summed E-state index contributed by atoms with van der Waals surface area (Å²) >= 11 is 3.10. The molecule has 0 aliphatic rings. The Balaban J connectivity index is 2.51. The minimum atomic E-state index is -4.47. The fourth-order valence-electron chi connectivity index (χ4n) is 1.43. The molecule has 1 aromatic heterocycles. The van der Waals surface area contributed by atoms with Gasteiger partial charge in [0.1, 0.15) is 0 Å². The summed E-state index contributed by atoms with van der Waals surface area (Å²) in [5.41, 5.74) is -0.829. The van der Waals surface area contributed by atoms with E-state index in [9.17, 15) is 18.0 Å². The van der Waals surface area contributed by atoms with Crippen molar-refractivity contribution in [3.8, 4) is 5.69 Å². The van der Waals surface area contributed by atoms with Crippen molar-refractivity contribution < 1.29 is 23.1 Å². The molecule has 0 radical (unpaired) electrons. The van der Waals surface area contributed by atoms with E-state index >= 15 is 0 Å². The van der Waals surface area contributed by atoms with Crippen LogP contribution >= 0.6 is 15.9 Å². The summed E-state index contributed by atoms with van der Waals surface area (Å²) in [7, 11) is 0. The molecule has 1 aromatic carbocycles. The summed E-state index contributed by atoms with van der Waals surface area (Å²) in [4.78, 5) is 10.7. The Labute approximate surface area is 113 Å². The van der Waals surface area contributed by atoms with Gasteiger partial charge in [0.15, 0.2) is 0 Å². The number of nitrogens with zero attached hydrogens (tertiary/aromatic N) is 2. The van der Waals surface area contributed by atoms with Crippen LogP contribution in [0.1, 0.15) is 15.9 Å². The Kier molecular flexibility index (Phi) is 3.36. The lowest BCUT2D eigenvalue weighted by Gasteiger charge is -2.10. The van der Waals surface area contributed by atoms with Gasteiger partial charge in [-0.3, -0.25) is 0 Å². The number of benzene rings is 1. The van der Waals surface area contributed by atoms with E-state index in [0.717, 1.165) is 29.2 Å². The first-order valence-corrected chi connectivity index (χ1v) is 5.73. The fourth-order valence-corrected chi connectivity index (χ4v) is 1.86. The van der Waals surface area contributed by atoms with Crippen LogP contribution in [-0.2, 0) is 6.18 Å². The minimum absolute atomic E-state index is 0.107. The number of aromatic carboxylic acids is 1. The van der Waals surface area contributed by atoms with E-state index in [-0.39, 0.29) is 11.3 Å². The number of halogens is 4. The minimum Gasteiger partial charge on any atom is -0.478 e. The molecule has 8 heteroatoms. The van der Waals surface area contributed by atoms with Crippen LogP contribution in [0.3, 0.4) is 0 Å². The second-order valence-corrected chi connectivity index (χ2v) is 4.50. The normalized spacial score (nSPS) is 11.6. The molecule has 0 fully saturated rings. The molecule has 0 amide bonds. The van der Waals surface area contributed by atoms with E-state index in [4.69, 9.17) is 5.11 Å². The summed E-state index contributed by atoms with van der Waals surface area (Å²) in [6.45, 7) is 0. The smallest absolute Gasteiger partial charge is 0.416 e. The van der Waals surface area contributed by atoms with Gasteiger partial charge in [-0.2, -0.15) is 18.3 Å². The molecule has 19 heavy (non-hydrogen) atoms. The standard InChI is InChI=1S/C11H6BrF3N2O2/c12-8-2-1-7(11(13,14)15)3-9(8)17-5-6(4-16-17)10(18)19/h1-5H,(H,18,19). The number of rotatable bonds is 2. The zero-order valence-corrected chi connectivity index (χ0v) is 10.7. The molecule has 0 spiro atoms. The van der Waals surface area contributed by atoms with E-state index in [2.05, 4.69) is 21.0 Å². The van der Waals surface area contributed by atoms with Crippen molar-refractivity contribution in [2.24, 2.45) is 0 Å². The quantitative estimate of drug-likeness (QED) is 0.916. The number of aromatic nitrogens is 2. The first kappa shape index (κ1) is 13.6. The van der Waals surface area contributed by atoms with Crippen LogP contribution in [0.5, 0.6) is 0 Å². The molecular weight excluding hydrogens is 329 g/mol. The molecule has 100 valence electrons. The van der Waals surface area contributed by atoms with Gasteiger partial charge in [0, 0.05) is 10.7 Å². The second-order valence-electron chi connectivity index (χ2n) is 3.64. The first-order valence-electron chi connectivity index (χ1n) is 4.94. The second kappa shape index (κ2) is 4.69. The third-order valence-electron chi connectivity index (χ3n) is 2.35. The van der Waals surface area contributed by atoms with Crippen LogP contribution in [0.2, 0.25) is 0 Å². The van der Waals surface area contributed by atoms with Crippen LogP contribution in [0.15, 0.2) is 35.1 Å². The maximum Gasteiger partial charge on any atom is 0.416 e. The Bertz CT molecular complexity index is 637. The number of carboxylic acid groups (broad SMARTS) is 1. The summed E-state index contributed by atoms with van der Waals surface area (Å²) in [5, 5.41) is 12.5. The first-order chi connectivity index (χ1) is 8.79. The lowest BCUT2D eigenvalue weighted by Crippen LogP contribution is -2.07. The van der Waals surface area contributed by atoms with Gasteiger partial charge in [-0.1, -0.05) is 0 Å². The molecule has 2 rings (SSSR count). The van der Waals surface area contributed by atoms with Gasteiger partial charge in [-0.05, 0) is 34.1 Å². The molecule has 0 aliphatic carbocycles. The van der Waals surface area contributed by atoms with E-state index in [0.29, 0.717) is 4.47 Å². The number of carboxylic acids is 1. The predicted octanol–water partition coefficient (Wildman–Crippen LogP) is 3.35. The van der Waals surface area contributed by atoms with Gasteiger partial charge < -0.3 is 5.11 Å². The molecule has 1 N–H and O–H groups in total. The number of alkyl halides is 3. The van der Waals surface area contributed by atoms with Crippen molar-refractivity contribution in [1.82, 2.24) is 9.78 Å². The zero-order valence-electron chi connectivity index (χ0n) is 9.15. The summed E-state index contributed by atoms with van der Waals surface area (Å²) in [6.07, 6.45) is -2.27. The van der Waals surface area contributed by atoms with E-state index < -0.39 is 17.7 Å². The summed E-state index contributed by atoms with van der Waals surface area (Å²) in [5.74, 6) is -1.20. The van der Waals surface area contributed by atoms with Gasteiger partial charge >= 0.3 is 12.1 Å². The van der Waals surface area contributed by atoms with Crippen molar-refractivity contribution >= 4 is 21.9 Å². The highest BCUT2D eigenvalue weighted by Gasteiger charge is 2.31. The van der Waals surface area contributed by atoms with Gasteiger partial charge in [0.2, 0.25) is 0 Å². The maximum atomic E-state index is 12.6. The van der Waals surface area contributed by atoms with Crippen molar-refractivity contribution in [3.63, 3.8) is 0 Å².